The molecule has 1 saturated carbocycles. The normalized spacial score (nSPS) is 21.4. The van der Waals surface area contributed by atoms with Gasteiger partial charge in [0.05, 0.1) is 13.2 Å². The number of nitrogens with two attached hydrogens (primary N) is 1. The first-order valence-corrected chi connectivity index (χ1v) is 8.86. The van der Waals surface area contributed by atoms with Crippen molar-refractivity contribution in [3.05, 3.63) is 29.8 Å². The molecule has 0 radical (unpaired) electrons. The Morgan fingerprint density at radius 2 is 2.10 bits per heavy atom. The highest BCUT2D eigenvalue weighted by molar-refractivity contribution is 7.99. The van der Waals surface area contributed by atoms with Gasteiger partial charge in [0.25, 0.3) is 0 Å². The van der Waals surface area contributed by atoms with Gasteiger partial charge in [0.1, 0.15) is 5.75 Å². The van der Waals surface area contributed by atoms with Crippen LogP contribution in [0.1, 0.15) is 38.2 Å². The number of rotatable bonds is 5. The van der Waals surface area contributed by atoms with Crippen LogP contribution >= 0.6 is 11.8 Å². The quantitative estimate of drug-likeness (QED) is 0.665. The molecular weight excluding hydrogens is 278 g/mol. The minimum absolute atomic E-state index is 0.398. The Bertz CT molecular complexity index is 474. The van der Waals surface area contributed by atoms with Crippen molar-refractivity contribution in [2.75, 3.05) is 18.9 Å². The maximum atomic E-state index is 5.79. The summed E-state index contributed by atoms with van der Waals surface area (Å²) in [6, 6.07) is 7.92. The minimum atomic E-state index is 0.398. The van der Waals surface area contributed by atoms with Crippen LogP contribution < -0.4 is 10.5 Å². The van der Waals surface area contributed by atoms with E-state index < -0.39 is 0 Å². The molecule has 0 spiro atoms. The predicted molar refractivity (Wildman–Crippen MR) is 91.7 cm³/mol. The van der Waals surface area contributed by atoms with Crippen molar-refractivity contribution in [1.29, 1.82) is 0 Å². The maximum Gasteiger partial charge on any atom is 0.119 e. The van der Waals surface area contributed by atoms with E-state index in [1.165, 1.54) is 25.7 Å². The van der Waals surface area contributed by atoms with E-state index in [4.69, 9.17) is 10.5 Å². The lowest BCUT2D eigenvalue weighted by molar-refractivity contribution is 0.342. The summed E-state index contributed by atoms with van der Waals surface area (Å²) in [7, 11) is 0. The highest BCUT2D eigenvalue weighted by atomic mass is 32.2. The second-order valence-electron chi connectivity index (χ2n) is 5.64. The molecule has 1 aliphatic carbocycles. The molecule has 0 aliphatic heterocycles. The first-order valence-electron chi connectivity index (χ1n) is 7.81. The lowest BCUT2D eigenvalue weighted by Gasteiger charge is -2.26. The summed E-state index contributed by atoms with van der Waals surface area (Å²) in [6.45, 7) is 3.55. The smallest absolute Gasteiger partial charge is 0.119 e. The molecule has 1 aliphatic rings. The molecule has 0 aromatic heterocycles. The van der Waals surface area contributed by atoms with Crippen LogP contribution in [0.25, 0.3) is 0 Å². The first kappa shape index (κ1) is 16.3. The molecule has 1 aromatic rings. The monoisotopic (exact) mass is 303 g/mol. The summed E-state index contributed by atoms with van der Waals surface area (Å²) in [5.74, 6) is 8.76. The molecule has 0 bridgehead atoms. The highest BCUT2D eigenvalue weighted by Gasteiger charge is 2.18. The zero-order chi connectivity index (χ0) is 14.9. The number of benzene rings is 1. The zero-order valence-corrected chi connectivity index (χ0v) is 13.6. The Labute approximate surface area is 132 Å². The molecule has 114 valence electrons. The van der Waals surface area contributed by atoms with E-state index in [0.717, 1.165) is 34.8 Å². The van der Waals surface area contributed by atoms with Crippen LogP contribution in [-0.4, -0.2) is 24.2 Å². The number of thioether (sulfide) groups is 1. The Morgan fingerprint density at radius 3 is 2.81 bits per heavy atom. The lowest BCUT2D eigenvalue weighted by Crippen LogP contribution is -2.16. The third-order valence-electron chi connectivity index (χ3n) is 3.78. The van der Waals surface area contributed by atoms with Crippen molar-refractivity contribution in [2.24, 2.45) is 11.7 Å². The molecule has 2 N–H and O–H groups in total. The van der Waals surface area contributed by atoms with E-state index in [-0.39, 0.29) is 0 Å². The van der Waals surface area contributed by atoms with E-state index in [1.807, 2.05) is 24.3 Å². The van der Waals surface area contributed by atoms with Crippen LogP contribution in [0.3, 0.4) is 0 Å². The van der Waals surface area contributed by atoms with Gasteiger partial charge in [-0.3, -0.25) is 0 Å². The van der Waals surface area contributed by atoms with Gasteiger partial charge in [-0.05, 0) is 43.0 Å². The fraction of sp³-hybridized carbons (Fsp3) is 0.556. The fourth-order valence-electron chi connectivity index (χ4n) is 2.69. The molecule has 1 fully saturated rings. The Balaban J connectivity index is 1.66. The first-order chi connectivity index (χ1) is 10.3. The summed E-state index contributed by atoms with van der Waals surface area (Å²) in [5.41, 5.74) is 6.34. The van der Waals surface area contributed by atoms with Gasteiger partial charge < -0.3 is 10.5 Å². The van der Waals surface area contributed by atoms with Crippen molar-refractivity contribution in [1.82, 2.24) is 0 Å². The fourth-order valence-corrected chi connectivity index (χ4v) is 4.00. The molecular formula is C18H25NOS. The molecule has 0 amide bonds. The largest absolute Gasteiger partial charge is 0.493 e. The zero-order valence-electron chi connectivity index (χ0n) is 12.8. The summed E-state index contributed by atoms with van der Waals surface area (Å²) in [6.07, 6.45) is 5.56. The highest BCUT2D eigenvalue weighted by Crippen LogP contribution is 2.31. The van der Waals surface area contributed by atoms with E-state index >= 15 is 0 Å². The number of ether oxygens (including phenoxy) is 1. The SMILES string of the molecule is CC1CCCC(SCCOc2ccc(C#CCN)cc2)C1. The average Bonchev–Trinajstić information content (AvgIpc) is 2.51. The second kappa shape index (κ2) is 9.02. The number of hydrogen-bond donors (Lipinski definition) is 1. The maximum absolute atomic E-state index is 5.79. The minimum Gasteiger partial charge on any atom is -0.493 e. The van der Waals surface area contributed by atoms with Crippen molar-refractivity contribution in [3.63, 3.8) is 0 Å². The number of hydrogen-bond acceptors (Lipinski definition) is 3. The molecule has 2 nitrogen and oxygen atoms in total. The third-order valence-corrected chi connectivity index (χ3v) is 5.08. The summed E-state index contributed by atoms with van der Waals surface area (Å²) in [4.78, 5) is 0. The summed E-state index contributed by atoms with van der Waals surface area (Å²) < 4.78 is 5.79. The molecule has 21 heavy (non-hydrogen) atoms. The predicted octanol–water partition coefficient (Wildman–Crippen LogP) is 3.69. The van der Waals surface area contributed by atoms with Gasteiger partial charge in [-0.15, -0.1) is 0 Å². The Morgan fingerprint density at radius 1 is 1.29 bits per heavy atom. The van der Waals surface area contributed by atoms with Crippen LogP contribution in [0.5, 0.6) is 5.75 Å². The van der Waals surface area contributed by atoms with E-state index in [1.54, 1.807) is 0 Å². The lowest BCUT2D eigenvalue weighted by atomic mass is 9.91. The molecule has 3 heteroatoms. The van der Waals surface area contributed by atoms with Gasteiger partial charge in [-0.1, -0.05) is 31.6 Å². The van der Waals surface area contributed by atoms with Gasteiger partial charge in [-0.25, -0.2) is 0 Å². The van der Waals surface area contributed by atoms with Crippen LogP contribution in [0.2, 0.25) is 0 Å². The molecule has 2 rings (SSSR count). The Hall–Kier alpha value is -1.11. The van der Waals surface area contributed by atoms with E-state index in [9.17, 15) is 0 Å². The molecule has 2 unspecified atom stereocenters. The third kappa shape index (κ3) is 6.03. The van der Waals surface area contributed by atoms with Crippen LogP contribution in [0.4, 0.5) is 0 Å². The van der Waals surface area contributed by atoms with Gasteiger partial charge in [0, 0.05) is 16.6 Å². The van der Waals surface area contributed by atoms with Gasteiger partial charge in [0.15, 0.2) is 0 Å². The van der Waals surface area contributed by atoms with Gasteiger partial charge in [-0.2, -0.15) is 11.8 Å². The van der Waals surface area contributed by atoms with E-state index in [0.29, 0.717) is 6.54 Å². The van der Waals surface area contributed by atoms with Gasteiger partial charge in [0.2, 0.25) is 0 Å². The Kier molecular flexibility index (Phi) is 6.99. The van der Waals surface area contributed by atoms with Crippen LogP contribution in [0, 0.1) is 17.8 Å². The topological polar surface area (TPSA) is 35.2 Å². The summed E-state index contributed by atoms with van der Waals surface area (Å²) in [5, 5.41) is 0.839. The molecule has 1 aromatic carbocycles. The molecule has 0 saturated heterocycles. The van der Waals surface area contributed by atoms with Crippen molar-refractivity contribution >= 4 is 11.8 Å². The molecule has 2 atom stereocenters. The van der Waals surface area contributed by atoms with Crippen LogP contribution in [-0.2, 0) is 0 Å². The van der Waals surface area contributed by atoms with Crippen molar-refractivity contribution < 1.29 is 4.74 Å². The molecule has 0 heterocycles. The van der Waals surface area contributed by atoms with Gasteiger partial charge >= 0.3 is 0 Å². The van der Waals surface area contributed by atoms with E-state index in [2.05, 4.69) is 30.5 Å². The summed E-state index contributed by atoms with van der Waals surface area (Å²) >= 11 is 2.07. The standard InChI is InChI=1S/C18H25NOS/c1-15-4-2-6-18(14-15)21-13-12-20-17-9-7-16(8-10-17)5-3-11-19/h7-10,15,18H,2,4,6,11-14,19H2,1H3. The van der Waals surface area contributed by atoms with Crippen LogP contribution in [0.15, 0.2) is 24.3 Å². The average molecular weight is 303 g/mol. The second-order valence-corrected chi connectivity index (χ2v) is 7.05. The van der Waals surface area contributed by atoms with Crippen molar-refractivity contribution in [2.45, 2.75) is 37.9 Å². The van der Waals surface area contributed by atoms with Crippen molar-refractivity contribution in [3.8, 4) is 17.6 Å².